The van der Waals surface area contributed by atoms with E-state index in [1.54, 1.807) is 23.7 Å². The molecule has 1 atom stereocenters. The normalized spacial score (nSPS) is 12.6. The maximum atomic E-state index is 13.3. The Labute approximate surface area is 98.8 Å². The van der Waals surface area contributed by atoms with Crippen LogP contribution in [0.5, 0.6) is 0 Å². The second-order valence-corrected chi connectivity index (χ2v) is 4.65. The van der Waals surface area contributed by atoms with Gasteiger partial charge >= 0.3 is 0 Å². The Hall–Kier alpha value is -0.970. The van der Waals surface area contributed by atoms with E-state index in [-0.39, 0.29) is 11.7 Å². The molecular formula is C11H16F2N2S. The molecule has 0 saturated carbocycles. The summed E-state index contributed by atoms with van der Waals surface area (Å²) in [6, 6.07) is 2.22. The van der Waals surface area contributed by atoms with Crippen LogP contribution in [0.3, 0.4) is 0 Å². The molecule has 1 aromatic rings. The van der Waals surface area contributed by atoms with E-state index in [2.05, 4.69) is 0 Å². The van der Waals surface area contributed by atoms with Crippen molar-refractivity contribution in [1.29, 1.82) is 0 Å². The molecule has 0 aliphatic carbocycles. The average Bonchev–Trinajstić information content (AvgIpc) is 2.22. The topological polar surface area (TPSA) is 29.3 Å². The van der Waals surface area contributed by atoms with E-state index in [0.29, 0.717) is 5.69 Å². The number of hydrogen-bond acceptors (Lipinski definition) is 3. The molecule has 0 saturated heterocycles. The molecule has 2 N–H and O–H groups in total. The number of nitrogens with zero attached hydrogens (tertiary/aromatic N) is 1. The van der Waals surface area contributed by atoms with Gasteiger partial charge in [-0.1, -0.05) is 0 Å². The Morgan fingerprint density at radius 2 is 2.06 bits per heavy atom. The zero-order chi connectivity index (χ0) is 12.3. The standard InChI is InChI=1S/C11H16F2N2S/c1-7(6-16-3)15(2)10-5-8(12)4-9(13)11(10)14/h4-5,7H,6,14H2,1-3H3. The number of halogens is 2. The number of rotatable bonds is 4. The highest BCUT2D eigenvalue weighted by molar-refractivity contribution is 7.98. The third-order valence-corrected chi connectivity index (χ3v) is 3.34. The number of nitrogens with two attached hydrogens (primary N) is 1. The summed E-state index contributed by atoms with van der Waals surface area (Å²) in [7, 11) is 1.78. The predicted octanol–water partition coefficient (Wildman–Crippen LogP) is 2.73. The zero-order valence-corrected chi connectivity index (χ0v) is 10.4. The molecule has 1 rings (SSSR count). The summed E-state index contributed by atoms with van der Waals surface area (Å²) in [6.07, 6.45) is 1.99. The summed E-state index contributed by atoms with van der Waals surface area (Å²) in [4.78, 5) is 1.79. The van der Waals surface area contributed by atoms with E-state index in [0.717, 1.165) is 11.8 Å². The molecule has 16 heavy (non-hydrogen) atoms. The van der Waals surface area contributed by atoms with Gasteiger partial charge in [0.25, 0.3) is 0 Å². The molecule has 0 bridgehead atoms. The Morgan fingerprint density at radius 3 is 2.62 bits per heavy atom. The van der Waals surface area contributed by atoms with Crippen LogP contribution in [0.1, 0.15) is 6.92 Å². The van der Waals surface area contributed by atoms with E-state index in [1.165, 1.54) is 6.07 Å². The van der Waals surface area contributed by atoms with Crippen LogP contribution in [0.15, 0.2) is 12.1 Å². The van der Waals surface area contributed by atoms with Crippen LogP contribution in [-0.2, 0) is 0 Å². The summed E-state index contributed by atoms with van der Waals surface area (Å²) in [5.41, 5.74) is 6.00. The van der Waals surface area contributed by atoms with Crippen LogP contribution in [0.2, 0.25) is 0 Å². The van der Waals surface area contributed by atoms with Gasteiger partial charge in [0.05, 0.1) is 11.4 Å². The van der Waals surface area contributed by atoms with E-state index in [1.807, 2.05) is 13.2 Å². The van der Waals surface area contributed by atoms with Gasteiger partial charge in [0, 0.05) is 24.9 Å². The first-order valence-electron chi connectivity index (χ1n) is 4.93. The smallest absolute Gasteiger partial charge is 0.151 e. The lowest BCUT2D eigenvalue weighted by atomic mass is 10.2. The van der Waals surface area contributed by atoms with Crippen molar-refractivity contribution in [3.8, 4) is 0 Å². The second-order valence-electron chi connectivity index (χ2n) is 3.74. The van der Waals surface area contributed by atoms with E-state index in [9.17, 15) is 8.78 Å². The first-order valence-corrected chi connectivity index (χ1v) is 6.33. The van der Waals surface area contributed by atoms with Crippen molar-refractivity contribution in [1.82, 2.24) is 0 Å². The molecular weight excluding hydrogens is 230 g/mol. The van der Waals surface area contributed by atoms with Crippen LogP contribution in [-0.4, -0.2) is 25.1 Å². The van der Waals surface area contributed by atoms with Crippen LogP contribution in [0.25, 0.3) is 0 Å². The fraction of sp³-hybridized carbons (Fsp3) is 0.455. The summed E-state index contributed by atoms with van der Waals surface area (Å²) in [5, 5.41) is 0. The van der Waals surface area contributed by atoms with Gasteiger partial charge in [-0.25, -0.2) is 8.78 Å². The molecule has 0 heterocycles. The summed E-state index contributed by atoms with van der Waals surface area (Å²) in [5.74, 6) is -0.447. The average molecular weight is 246 g/mol. The lowest BCUT2D eigenvalue weighted by Gasteiger charge is -2.27. The Balaban J connectivity index is 3.03. The van der Waals surface area contributed by atoms with Crippen molar-refractivity contribution in [3.05, 3.63) is 23.8 Å². The Bertz CT molecular complexity index is 371. The van der Waals surface area contributed by atoms with Crippen molar-refractivity contribution in [3.63, 3.8) is 0 Å². The molecule has 0 aromatic heterocycles. The first kappa shape index (κ1) is 13.1. The van der Waals surface area contributed by atoms with Gasteiger partial charge < -0.3 is 10.6 Å². The van der Waals surface area contributed by atoms with Crippen molar-refractivity contribution >= 4 is 23.1 Å². The molecule has 0 radical (unpaired) electrons. The maximum absolute atomic E-state index is 13.3. The molecule has 0 amide bonds. The first-order chi connectivity index (χ1) is 7.47. The Kier molecular flexibility index (Phi) is 4.41. The van der Waals surface area contributed by atoms with Crippen LogP contribution < -0.4 is 10.6 Å². The number of hydrogen-bond donors (Lipinski definition) is 1. The SMILES string of the molecule is CSCC(C)N(C)c1cc(F)cc(F)c1N. The highest BCUT2D eigenvalue weighted by Crippen LogP contribution is 2.28. The minimum absolute atomic E-state index is 0.00291. The highest BCUT2D eigenvalue weighted by Gasteiger charge is 2.16. The van der Waals surface area contributed by atoms with Crippen molar-refractivity contribution in [2.24, 2.45) is 0 Å². The number of thioether (sulfide) groups is 1. The van der Waals surface area contributed by atoms with Gasteiger partial charge in [-0.3, -0.25) is 0 Å². The number of nitrogen functional groups attached to an aromatic ring is 1. The lowest BCUT2D eigenvalue weighted by Crippen LogP contribution is -2.31. The molecule has 1 aromatic carbocycles. The van der Waals surface area contributed by atoms with E-state index >= 15 is 0 Å². The number of anilines is 2. The highest BCUT2D eigenvalue weighted by atomic mass is 32.2. The summed E-state index contributed by atoms with van der Waals surface area (Å²) >= 11 is 1.68. The minimum atomic E-state index is -0.710. The van der Waals surface area contributed by atoms with Gasteiger partial charge in [-0.15, -0.1) is 0 Å². The second kappa shape index (κ2) is 5.39. The van der Waals surface area contributed by atoms with Gasteiger partial charge in [-0.2, -0.15) is 11.8 Å². The van der Waals surface area contributed by atoms with Crippen molar-refractivity contribution < 1.29 is 8.78 Å². The molecule has 2 nitrogen and oxygen atoms in total. The largest absolute Gasteiger partial charge is 0.395 e. The van der Waals surface area contributed by atoms with E-state index in [4.69, 9.17) is 5.73 Å². The summed E-state index contributed by atoms with van der Waals surface area (Å²) < 4.78 is 26.3. The van der Waals surface area contributed by atoms with Gasteiger partial charge in [0.15, 0.2) is 5.82 Å². The lowest BCUT2D eigenvalue weighted by molar-refractivity contribution is 0.584. The molecule has 0 aliphatic rings. The third kappa shape index (κ3) is 2.78. The van der Waals surface area contributed by atoms with Gasteiger partial charge in [-0.05, 0) is 19.2 Å². The van der Waals surface area contributed by atoms with Gasteiger partial charge in [0.1, 0.15) is 5.82 Å². The minimum Gasteiger partial charge on any atom is -0.395 e. The monoisotopic (exact) mass is 246 g/mol. The molecule has 0 aliphatic heterocycles. The predicted molar refractivity (Wildman–Crippen MR) is 67.0 cm³/mol. The van der Waals surface area contributed by atoms with Crippen LogP contribution >= 0.6 is 11.8 Å². The molecule has 0 spiro atoms. The zero-order valence-electron chi connectivity index (χ0n) is 9.63. The van der Waals surface area contributed by atoms with Gasteiger partial charge in [0.2, 0.25) is 0 Å². The maximum Gasteiger partial charge on any atom is 0.151 e. The molecule has 0 fully saturated rings. The van der Waals surface area contributed by atoms with Crippen molar-refractivity contribution in [2.45, 2.75) is 13.0 Å². The Morgan fingerprint density at radius 1 is 1.44 bits per heavy atom. The molecule has 5 heteroatoms. The number of benzene rings is 1. The van der Waals surface area contributed by atoms with Crippen LogP contribution in [0, 0.1) is 11.6 Å². The fourth-order valence-electron chi connectivity index (χ4n) is 1.45. The van der Waals surface area contributed by atoms with Crippen LogP contribution in [0.4, 0.5) is 20.2 Å². The summed E-state index contributed by atoms with van der Waals surface area (Å²) in [6.45, 7) is 1.98. The molecule has 1 unspecified atom stereocenters. The molecule has 90 valence electrons. The third-order valence-electron chi connectivity index (χ3n) is 2.52. The van der Waals surface area contributed by atoms with E-state index < -0.39 is 11.6 Å². The fourth-order valence-corrected chi connectivity index (χ4v) is 2.16. The quantitative estimate of drug-likeness (QED) is 0.828. The van der Waals surface area contributed by atoms with Crippen molar-refractivity contribution in [2.75, 3.05) is 29.7 Å².